The zero-order chi connectivity index (χ0) is 17.5. The third-order valence-corrected chi connectivity index (χ3v) is 3.23. The van der Waals surface area contributed by atoms with Gasteiger partial charge in [-0.3, -0.25) is 9.59 Å². The Morgan fingerprint density at radius 3 is 2.39 bits per heavy atom. The average molecular weight is 320 g/mol. The summed E-state index contributed by atoms with van der Waals surface area (Å²) in [6, 6.07) is 6.63. The lowest BCUT2D eigenvalue weighted by molar-refractivity contribution is -0.128. The van der Waals surface area contributed by atoms with Gasteiger partial charge in [0.1, 0.15) is 0 Å². The van der Waals surface area contributed by atoms with Crippen molar-refractivity contribution >= 4 is 17.8 Å². The first-order valence-corrected chi connectivity index (χ1v) is 7.57. The van der Waals surface area contributed by atoms with Crippen LogP contribution in [-0.4, -0.2) is 36.0 Å². The molecular weight excluding hydrogens is 296 g/mol. The number of hydrogen-bond donors (Lipinski definition) is 3. The van der Waals surface area contributed by atoms with Crippen LogP contribution in [0.5, 0.6) is 0 Å². The second-order valence-electron chi connectivity index (χ2n) is 6.36. The third kappa shape index (κ3) is 6.95. The van der Waals surface area contributed by atoms with E-state index in [1.54, 1.807) is 12.1 Å². The molecule has 0 aromatic heterocycles. The molecule has 2 amide bonds. The lowest BCUT2D eigenvalue weighted by atomic mass is 9.96. The highest BCUT2D eigenvalue weighted by molar-refractivity contribution is 5.87. The van der Waals surface area contributed by atoms with Crippen molar-refractivity contribution in [2.45, 2.75) is 33.6 Å². The molecule has 23 heavy (non-hydrogen) atoms. The molecule has 0 heterocycles. The molecule has 0 fully saturated rings. The van der Waals surface area contributed by atoms with E-state index < -0.39 is 11.4 Å². The fourth-order valence-corrected chi connectivity index (χ4v) is 1.85. The molecule has 0 radical (unpaired) electrons. The summed E-state index contributed by atoms with van der Waals surface area (Å²) in [6.07, 6.45) is 0.776. The van der Waals surface area contributed by atoms with E-state index in [0.717, 1.165) is 5.56 Å². The van der Waals surface area contributed by atoms with Gasteiger partial charge in [-0.2, -0.15) is 0 Å². The van der Waals surface area contributed by atoms with Gasteiger partial charge in [0, 0.05) is 24.9 Å². The molecule has 0 unspecified atom stereocenters. The molecule has 0 atom stereocenters. The van der Waals surface area contributed by atoms with Crippen molar-refractivity contribution in [3.05, 3.63) is 35.4 Å². The van der Waals surface area contributed by atoms with Gasteiger partial charge in [-0.15, -0.1) is 0 Å². The first kappa shape index (κ1) is 18.7. The van der Waals surface area contributed by atoms with E-state index in [1.807, 2.05) is 26.8 Å². The Hall–Kier alpha value is -2.37. The molecule has 0 saturated heterocycles. The topological polar surface area (TPSA) is 95.5 Å². The lowest BCUT2D eigenvalue weighted by Crippen LogP contribution is -2.37. The van der Waals surface area contributed by atoms with Crippen molar-refractivity contribution in [3.63, 3.8) is 0 Å². The number of amides is 2. The summed E-state index contributed by atoms with van der Waals surface area (Å²) < 4.78 is 0. The number of carbonyl (C=O) groups excluding carboxylic acids is 2. The molecule has 0 aliphatic carbocycles. The van der Waals surface area contributed by atoms with E-state index in [1.165, 1.54) is 6.07 Å². The monoisotopic (exact) mass is 320 g/mol. The van der Waals surface area contributed by atoms with E-state index in [4.69, 9.17) is 5.11 Å². The van der Waals surface area contributed by atoms with Gasteiger partial charge in [0.25, 0.3) is 0 Å². The molecule has 0 aliphatic rings. The minimum Gasteiger partial charge on any atom is -0.478 e. The maximum absolute atomic E-state index is 11.7. The first-order chi connectivity index (χ1) is 10.7. The molecule has 126 valence electrons. The van der Waals surface area contributed by atoms with Crippen LogP contribution in [0, 0.1) is 5.41 Å². The Kier molecular flexibility index (Phi) is 6.75. The molecule has 3 N–H and O–H groups in total. The number of carbonyl (C=O) groups is 3. The van der Waals surface area contributed by atoms with Gasteiger partial charge in [-0.1, -0.05) is 32.9 Å². The summed E-state index contributed by atoms with van der Waals surface area (Å²) in [6.45, 7) is 6.17. The van der Waals surface area contributed by atoms with E-state index >= 15 is 0 Å². The molecule has 1 aromatic rings. The van der Waals surface area contributed by atoms with E-state index in [2.05, 4.69) is 10.6 Å². The van der Waals surface area contributed by atoms with Crippen LogP contribution in [0.25, 0.3) is 0 Å². The largest absolute Gasteiger partial charge is 0.478 e. The number of benzene rings is 1. The first-order valence-electron chi connectivity index (χ1n) is 7.57. The highest BCUT2D eigenvalue weighted by Gasteiger charge is 2.20. The smallest absolute Gasteiger partial charge is 0.335 e. The summed E-state index contributed by atoms with van der Waals surface area (Å²) in [5, 5.41) is 14.4. The van der Waals surface area contributed by atoms with E-state index in [9.17, 15) is 14.4 Å². The quantitative estimate of drug-likeness (QED) is 0.711. The van der Waals surface area contributed by atoms with Crippen LogP contribution in [-0.2, 0) is 16.0 Å². The van der Waals surface area contributed by atoms with Crippen molar-refractivity contribution < 1.29 is 19.5 Å². The normalized spacial score (nSPS) is 10.9. The van der Waals surface area contributed by atoms with Crippen LogP contribution >= 0.6 is 0 Å². The molecule has 0 bridgehead atoms. The fraction of sp³-hybridized carbons (Fsp3) is 0.471. The van der Waals surface area contributed by atoms with Gasteiger partial charge >= 0.3 is 5.97 Å². The zero-order valence-electron chi connectivity index (χ0n) is 13.8. The van der Waals surface area contributed by atoms with Gasteiger partial charge in [-0.25, -0.2) is 4.79 Å². The summed E-state index contributed by atoms with van der Waals surface area (Å²) in [4.78, 5) is 34.2. The van der Waals surface area contributed by atoms with Crippen molar-refractivity contribution in [2.24, 2.45) is 5.41 Å². The molecular formula is C17H24N2O4. The standard InChI is InChI=1S/C17H24N2O4/c1-17(2,3)16(23)19-10-8-14(20)18-9-7-12-5-4-6-13(11-12)15(21)22/h4-6,11H,7-10H2,1-3H3,(H,18,20)(H,19,23)(H,21,22). The molecule has 6 heteroatoms. The Bertz CT molecular complexity index is 576. The van der Waals surface area contributed by atoms with Gasteiger partial charge in [0.15, 0.2) is 0 Å². The highest BCUT2D eigenvalue weighted by Crippen LogP contribution is 2.12. The highest BCUT2D eigenvalue weighted by atomic mass is 16.4. The molecule has 0 aliphatic heterocycles. The number of carboxylic acid groups (broad SMARTS) is 1. The summed E-state index contributed by atoms with van der Waals surface area (Å²) >= 11 is 0. The molecule has 0 saturated carbocycles. The number of carboxylic acids is 1. The predicted molar refractivity (Wildman–Crippen MR) is 87.2 cm³/mol. The van der Waals surface area contributed by atoms with E-state index in [0.29, 0.717) is 19.5 Å². The van der Waals surface area contributed by atoms with Crippen LogP contribution in [0.4, 0.5) is 0 Å². The fourth-order valence-electron chi connectivity index (χ4n) is 1.85. The van der Waals surface area contributed by atoms with Crippen molar-refractivity contribution in [3.8, 4) is 0 Å². The van der Waals surface area contributed by atoms with Crippen LogP contribution < -0.4 is 10.6 Å². The minimum absolute atomic E-state index is 0.0872. The second kappa shape index (κ2) is 8.31. The predicted octanol–water partition coefficient (Wildman–Crippen LogP) is 1.60. The van der Waals surface area contributed by atoms with E-state index in [-0.39, 0.29) is 23.8 Å². The Labute approximate surface area is 136 Å². The van der Waals surface area contributed by atoms with Gasteiger partial charge in [0.05, 0.1) is 5.56 Å². The van der Waals surface area contributed by atoms with Crippen LogP contribution in [0.15, 0.2) is 24.3 Å². The lowest BCUT2D eigenvalue weighted by Gasteiger charge is -2.17. The Morgan fingerprint density at radius 1 is 1.09 bits per heavy atom. The average Bonchev–Trinajstić information content (AvgIpc) is 2.46. The van der Waals surface area contributed by atoms with Gasteiger partial charge in [0.2, 0.25) is 11.8 Å². The number of rotatable bonds is 7. The van der Waals surface area contributed by atoms with Crippen molar-refractivity contribution in [1.82, 2.24) is 10.6 Å². The number of aromatic carboxylic acids is 1. The van der Waals surface area contributed by atoms with Crippen LogP contribution in [0.3, 0.4) is 0 Å². The summed E-state index contributed by atoms with van der Waals surface area (Å²) in [5.41, 5.74) is 0.621. The summed E-state index contributed by atoms with van der Waals surface area (Å²) in [5.74, 6) is -1.20. The maximum atomic E-state index is 11.7. The van der Waals surface area contributed by atoms with Gasteiger partial charge < -0.3 is 15.7 Å². The number of hydrogen-bond acceptors (Lipinski definition) is 3. The molecule has 0 spiro atoms. The van der Waals surface area contributed by atoms with Crippen molar-refractivity contribution in [1.29, 1.82) is 0 Å². The second-order valence-corrected chi connectivity index (χ2v) is 6.36. The Balaban J connectivity index is 2.28. The van der Waals surface area contributed by atoms with Crippen molar-refractivity contribution in [2.75, 3.05) is 13.1 Å². The number of nitrogens with one attached hydrogen (secondary N) is 2. The van der Waals surface area contributed by atoms with Crippen LogP contribution in [0.2, 0.25) is 0 Å². The van der Waals surface area contributed by atoms with Gasteiger partial charge in [-0.05, 0) is 24.1 Å². The Morgan fingerprint density at radius 2 is 1.78 bits per heavy atom. The molecule has 1 aromatic carbocycles. The zero-order valence-corrected chi connectivity index (χ0v) is 13.8. The molecule has 1 rings (SSSR count). The third-order valence-electron chi connectivity index (χ3n) is 3.23. The summed E-state index contributed by atoms with van der Waals surface area (Å²) in [7, 11) is 0. The maximum Gasteiger partial charge on any atom is 0.335 e. The minimum atomic E-state index is -0.967. The SMILES string of the molecule is CC(C)(C)C(=O)NCCC(=O)NCCc1cccc(C(=O)O)c1. The molecule has 6 nitrogen and oxygen atoms in total. The van der Waals surface area contributed by atoms with Crippen LogP contribution in [0.1, 0.15) is 43.1 Å².